The van der Waals surface area contributed by atoms with Gasteiger partial charge in [0.25, 0.3) is 0 Å². The van der Waals surface area contributed by atoms with Crippen LogP contribution in [0.15, 0.2) is 36.4 Å². The molecule has 1 unspecified atom stereocenters. The summed E-state index contributed by atoms with van der Waals surface area (Å²) in [6.07, 6.45) is -3.74. The topological polar surface area (TPSA) is 47.6 Å². The Bertz CT molecular complexity index is 850. The SMILES string of the molecule is COc1cc(CCC(=O)NC(C)c2cc(C)ccc2C)ccc1OCC(F)(F)F. The van der Waals surface area contributed by atoms with Crippen LogP contribution in [0.2, 0.25) is 0 Å². The number of benzene rings is 2. The lowest BCUT2D eigenvalue weighted by atomic mass is 9.99. The lowest BCUT2D eigenvalue weighted by Gasteiger charge is -2.17. The third kappa shape index (κ3) is 7.00. The molecule has 0 saturated carbocycles. The number of hydrogen-bond donors (Lipinski definition) is 1. The summed E-state index contributed by atoms with van der Waals surface area (Å²) in [7, 11) is 1.36. The lowest BCUT2D eigenvalue weighted by molar-refractivity contribution is -0.153. The summed E-state index contributed by atoms with van der Waals surface area (Å²) in [5.41, 5.74) is 4.09. The first-order valence-corrected chi connectivity index (χ1v) is 9.32. The Morgan fingerprint density at radius 2 is 1.83 bits per heavy atom. The molecule has 0 spiro atoms. The van der Waals surface area contributed by atoms with Crippen LogP contribution in [0.1, 0.15) is 41.6 Å². The van der Waals surface area contributed by atoms with Crippen molar-refractivity contribution in [3.63, 3.8) is 0 Å². The fourth-order valence-electron chi connectivity index (χ4n) is 3.02. The molecule has 2 aromatic carbocycles. The second kappa shape index (κ2) is 9.67. The molecule has 2 aromatic rings. The largest absolute Gasteiger partial charge is 0.493 e. The van der Waals surface area contributed by atoms with E-state index in [2.05, 4.69) is 11.4 Å². The third-order valence-electron chi connectivity index (χ3n) is 4.54. The highest BCUT2D eigenvalue weighted by Crippen LogP contribution is 2.30. The van der Waals surface area contributed by atoms with E-state index < -0.39 is 12.8 Å². The number of hydrogen-bond acceptors (Lipinski definition) is 3. The van der Waals surface area contributed by atoms with Crippen molar-refractivity contribution >= 4 is 5.91 Å². The number of alkyl halides is 3. The first-order valence-electron chi connectivity index (χ1n) is 9.32. The molecule has 0 aliphatic heterocycles. The summed E-state index contributed by atoms with van der Waals surface area (Å²) in [6.45, 7) is 4.57. The molecule has 2 rings (SSSR count). The van der Waals surface area contributed by atoms with Gasteiger partial charge >= 0.3 is 6.18 Å². The van der Waals surface area contributed by atoms with Crippen LogP contribution < -0.4 is 14.8 Å². The van der Waals surface area contributed by atoms with E-state index >= 15 is 0 Å². The third-order valence-corrected chi connectivity index (χ3v) is 4.54. The smallest absolute Gasteiger partial charge is 0.422 e. The molecule has 29 heavy (non-hydrogen) atoms. The lowest BCUT2D eigenvalue weighted by Crippen LogP contribution is -2.27. The molecule has 1 amide bonds. The van der Waals surface area contributed by atoms with Gasteiger partial charge in [0, 0.05) is 6.42 Å². The maximum Gasteiger partial charge on any atom is 0.422 e. The summed E-state index contributed by atoms with van der Waals surface area (Å²) in [5.74, 6) is 0.118. The van der Waals surface area contributed by atoms with Gasteiger partial charge in [-0.3, -0.25) is 4.79 Å². The van der Waals surface area contributed by atoms with Crippen molar-refractivity contribution in [3.05, 3.63) is 58.7 Å². The van der Waals surface area contributed by atoms with Crippen LogP contribution in [0.4, 0.5) is 13.2 Å². The molecule has 158 valence electrons. The van der Waals surface area contributed by atoms with Gasteiger partial charge in [-0.15, -0.1) is 0 Å². The number of methoxy groups -OCH3 is 1. The molecular weight excluding hydrogens is 383 g/mol. The molecule has 0 fully saturated rings. The van der Waals surface area contributed by atoms with Gasteiger partial charge in [-0.1, -0.05) is 29.8 Å². The monoisotopic (exact) mass is 409 g/mol. The number of carbonyl (C=O) groups is 1. The number of amides is 1. The van der Waals surface area contributed by atoms with Gasteiger partial charge < -0.3 is 14.8 Å². The van der Waals surface area contributed by atoms with Gasteiger partial charge in [0.15, 0.2) is 18.1 Å². The van der Waals surface area contributed by atoms with Crippen molar-refractivity contribution < 1.29 is 27.4 Å². The highest BCUT2D eigenvalue weighted by molar-refractivity contribution is 5.76. The number of aryl methyl sites for hydroxylation is 3. The highest BCUT2D eigenvalue weighted by Gasteiger charge is 2.29. The maximum absolute atomic E-state index is 12.3. The fraction of sp³-hybridized carbons (Fsp3) is 0.409. The maximum atomic E-state index is 12.3. The summed E-state index contributed by atoms with van der Waals surface area (Å²) < 4.78 is 46.9. The Balaban J connectivity index is 1.94. The van der Waals surface area contributed by atoms with Crippen LogP contribution in [0.5, 0.6) is 11.5 Å². The summed E-state index contributed by atoms with van der Waals surface area (Å²) in [4.78, 5) is 12.3. The minimum absolute atomic E-state index is 0.0153. The van der Waals surface area contributed by atoms with Gasteiger partial charge in [0.1, 0.15) is 0 Å². The first-order chi connectivity index (χ1) is 13.6. The Kier molecular flexibility index (Phi) is 7.53. The van der Waals surface area contributed by atoms with Crippen LogP contribution in [-0.4, -0.2) is 25.8 Å². The second-order valence-electron chi connectivity index (χ2n) is 7.04. The molecule has 0 heterocycles. The summed E-state index contributed by atoms with van der Waals surface area (Å²) in [5, 5.41) is 2.99. The van der Waals surface area contributed by atoms with Crippen molar-refractivity contribution in [2.24, 2.45) is 0 Å². The minimum Gasteiger partial charge on any atom is -0.493 e. The quantitative estimate of drug-likeness (QED) is 0.663. The Hall–Kier alpha value is -2.70. The molecule has 0 saturated heterocycles. The molecular formula is C22H26F3NO3. The molecule has 0 aromatic heterocycles. The van der Waals surface area contributed by atoms with E-state index in [1.54, 1.807) is 12.1 Å². The predicted molar refractivity (Wildman–Crippen MR) is 105 cm³/mol. The van der Waals surface area contributed by atoms with Crippen molar-refractivity contribution in [2.75, 3.05) is 13.7 Å². The van der Waals surface area contributed by atoms with E-state index in [1.807, 2.05) is 32.9 Å². The zero-order valence-corrected chi connectivity index (χ0v) is 17.0. The normalized spacial score (nSPS) is 12.4. The summed E-state index contributed by atoms with van der Waals surface area (Å²) in [6, 6.07) is 10.7. The number of halogens is 3. The number of carbonyl (C=O) groups excluding carboxylic acids is 1. The van der Waals surface area contributed by atoms with E-state index in [1.165, 1.54) is 13.2 Å². The fourth-order valence-corrected chi connectivity index (χ4v) is 3.02. The van der Waals surface area contributed by atoms with Gasteiger partial charge in [-0.05, 0) is 56.0 Å². The minimum atomic E-state index is -4.42. The zero-order valence-electron chi connectivity index (χ0n) is 17.0. The van der Waals surface area contributed by atoms with Crippen molar-refractivity contribution in [3.8, 4) is 11.5 Å². The number of ether oxygens (including phenoxy) is 2. The van der Waals surface area contributed by atoms with Crippen molar-refractivity contribution in [1.82, 2.24) is 5.32 Å². The summed E-state index contributed by atoms with van der Waals surface area (Å²) >= 11 is 0. The molecule has 0 radical (unpaired) electrons. The Morgan fingerprint density at radius 1 is 1.10 bits per heavy atom. The molecule has 1 atom stereocenters. The van der Waals surface area contributed by atoms with E-state index in [-0.39, 0.29) is 29.9 Å². The molecule has 0 aliphatic carbocycles. The Morgan fingerprint density at radius 3 is 2.48 bits per heavy atom. The number of rotatable bonds is 8. The van der Waals surface area contributed by atoms with E-state index in [9.17, 15) is 18.0 Å². The molecule has 1 N–H and O–H groups in total. The predicted octanol–water partition coefficient (Wildman–Crippen LogP) is 5.06. The van der Waals surface area contributed by atoms with Crippen LogP contribution in [-0.2, 0) is 11.2 Å². The van der Waals surface area contributed by atoms with Gasteiger partial charge in [-0.2, -0.15) is 13.2 Å². The van der Waals surface area contributed by atoms with Crippen molar-refractivity contribution in [1.29, 1.82) is 0 Å². The second-order valence-corrected chi connectivity index (χ2v) is 7.04. The van der Waals surface area contributed by atoms with Crippen LogP contribution in [0.25, 0.3) is 0 Å². The average Bonchev–Trinajstić information content (AvgIpc) is 2.66. The van der Waals surface area contributed by atoms with E-state index in [0.29, 0.717) is 6.42 Å². The molecule has 7 heteroatoms. The van der Waals surface area contributed by atoms with Crippen LogP contribution >= 0.6 is 0 Å². The zero-order chi connectivity index (χ0) is 21.6. The standard InChI is InChI=1S/C22H26F3NO3/c1-14-5-6-15(2)18(11-14)16(3)26-21(27)10-8-17-7-9-19(20(12-17)28-4)29-13-22(23,24)25/h5-7,9,11-12,16H,8,10,13H2,1-4H3,(H,26,27). The average molecular weight is 409 g/mol. The van der Waals surface area contributed by atoms with E-state index in [4.69, 9.17) is 9.47 Å². The van der Waals surface area contributed by atoms with Crippen molar-refractivity contribution in [2.45, 2.75) is 45.8 Å². The van der Waals surface area contributed by atoms with E-state index in [0.717, 1.165) is 22.3 Å². The highest BCUT2D eigenvalue weighted by atomic mass is 19.4. The van der Waals surface area contributed by atoms with Crippen LogP contribution in [0, 0.1) is 13.8 Å². The molecule has 4 nitrogen and oxygen atoms in total. The van der Waals surface area contributed by atoms with Crippen LogP contribution in [0.3, 0.4) is 0 Å². The van der Waals surface area contributed by atoms with Gasteiger partial charge in [0.2, 0.25) is 5.91 Å². The van der Waals surface area contributed by atoms with Gasteiger partial charge in [0.05, 0.1) is 13.2 Å². The Labute approximate surface area is 169 Å². The molecule has 0 bridgehead atoms. The molecule has 0 aliphatic rings. The first kappa shape index (κ1) is 22.6. The number of nitrogens with one attached hydrogen (secondary N) is 1. The van der Waals surface area contributed by atoms with Gasteiger partial charge in [-0.25, -0.2) is 0 Å².